The molecule has 3 rings (SSSR count). The van der Waals surface area contributed by atoms with Gasteiger partial charge in [-0.15, -0.1) is 0 Å². The second kappa shape index (κ2) is 7.82. The van der Waals surface area contributed by atoms with E-state index in [9.17, 15) is 14.4 Å². The molecule has 0 bridgehead atoms. The fourth-order valence-corrected chi connectivity index (χ4v) is 2.92. The van der Waals surface area contributed by atoms with Gasteiger partial charge in [0.1, 0.15) is 0 Å². The van der Waals surface area contributed by atoms with Gasteiger partial charge in [-0.05, 0) is 61.4 Å². The first-order chi connectivity index (χ1) is 12.5. The average Bonchev–Trinajstić information content (AvgIpc) is 2.63. The molecule has 1 saturated heterocycles. The molecule has 1 aliphatic rings. The summed E-state index contributed by atoms with van der Waals surface area (Å²) in [6.07, 6.45) is 2.52. The van der Waals surface area contributed by atoms with Crippen LogP contribution >= 0.6 is 0 Å². The number of hydrogen-bond acceptors (Lipinski definition) is 3. The number of anilines is 3. The maximum Gasteiger partial charge on any atom is 0.255 e. The van der Waals surface area contributed by atoms with E-state index in [0.717, 1.165) is 25.1 Å². The lowest BCUT2D eigenvalue weighted by molar-refractivity contribution is -0.119. The topological polar surface area (TPSA) is 78.5 Å². The van der Waals surface area contributed by atoms with Gasteiger partial charge in [-0.1, -0.05) is 0 Å². The lowest BCUT2D eigenvalue weighted by atomic mass is 10.1. The number of benzene rings is 2. The van der Waals surface area contributed by atoms with Crippen molar-refractivity contribution in [2.24, 2.45) is 0 Å². The van der Waals surface area contributed by atoms with Crippen molar-refractivity contribution in [2.75, 3.05) is 22.1 Å². The van der Waals surface area contributed by atoms with Crippen molar-refractivity contribution in [1.82, 2.24) is 0 Å². The summed E-state index contributed by atoms with van der Waals surface area (Å²) in [6, 6.07) is 13.9. The zero-order valence-corrected chi connectivity index (χ0v) is 14.6. The molecule has 1 heterocycles. The van der Waals surface area contributed by atoms with Gasteiger partial charge in [0, 0.05) is 42.5 Å². The van der Waals surface area contributed by atoms with Gasteiger partial charge in [0.05, 0.1) is 0 Å². The third-order valence-corrected chi connectivity index (χ3v) is 4.23. The van der Waals surface area contributed by atoms with Crippen molar-refractivity contribution in [3.05, 3.63) is 54.1 Å². The highest BCUT2D eigenvalue weighted by atomic mass is 16.2. The van der Waals surface area contributed by atoms with Crippen LogP contribution in [-0.4, -0.2) is 24.3 Å². The van der Waals surface area contributed by atoms with Crippen LogP contribution in [0.2, 0.25) is 0 Å². The second-order valence-corrected chi connectivity index (χ2v) is 6.26. The molecule has 6 heteroatoms. The molecule has 1 aliphatic heterocycles. The van der Waals surface area contributed by atoms with Crippen molar-refractivity contribution in [3.63, 3.8) is 0 Å². The van der Waals surface area contributed by atoms with Crippen LogP contribution in [0.4, 0.5) is 17.1 Å². The summed E-state index contributed by atoms with van der Waals surface area (Å²) in [5.74, 6) is -0.240. The maximum absolute atomic E-state index is 12.4. The van der Waals surface area contributed by atoms with Crippen LogP contribution in [0.3, 0.4) is 0 Å². The summed E-state index contributed by atoms with van der Waals surface area (Å²) < 4.78 is 0. The third kappa shape index (κ3) is 4.27. The van der Waals surface area contributed by atoms with E-state index in [4.69, 9.17) is 0 Å². The predicted octanol–water partition coefficient (Wildman–Crippen LogP) is 3.41. The molecule has 0 spiro atoms. The fourth-order valence-electron chi connectivity index (χ4n) is 2.92. The Bertz CT molecular complexity index is 813. The van der Waals surface area contributed by atoms with Crippen LogP contribution in [-0.2, 0) is 9.59 Å². The molecule has 0 saturated carbocycles. The fraction of sp³-hybridized carbons (Fsp3) is 0.250. The predicted molar refractivity (Wildman–Crippen MR) is 101 cm³/mol. The molecule has 0 aromatic heterocycles. The Balaban J connectivity index is 1.64. The molecule has 3 amide bonds. The van der Waals surface area contributed by atoms with E-state index in [1.54, 1.807) is 53.4 Å². The van der Waals surface area contributed by atoms with Crippen molar-refractivity contribution in [2.45, 2.75) is 26.2 Å². The van der Waals surface area contributed by atoms with E-state index in [1.807, 2.05) is 0 Å². The Morgan fingerprint density at radius 1 is 0.885 bits per heavy atom. The van der Waals surface area contributed by atoms with Crippen molar-refractivity contribution in [1.29, 1.82) is 0 Å². The lowest BCUT2D eigenvalue weighted by Crippen LogP contribution is -2.35. The third-order valence-electron chi connectivity index (χ3n) is 4.23. The summed E-state index contributed by atoms with van der Waals surface area (Å²) in [5, 5.41) is 5.49. The zero-order chi connectivity index (χ0) is 18.5. The molecule has 26 heavy (non-hydrogen) atoms. The largest absolute Gasteiger partial charge is 0.326 e. The number of piperidine rings is 1. The van der Waals surface area contributed by atoms with E-state index in [-0.39, 0.29) is 17.7 Å². The SMILES string of the molecule is CC(=O)Nc1ccc(NC(=O)c2ccc(N3CCCCC3=O)cc2)cc1. The molecule has 0 atom stereocenters. The van der Waals surface area contributed by atoms with Crippen LogP contribution in [0.25, 0.3) is 0 Å². The minimum absolute atomic E-state index is 0.132. The molecule has 0 aliphatic carbocycles. The van der Waals surface area contributed by atoms with Gasteiger partial charge in [0.2, 0.25) is 11.8 Å². The summed E-state index contributed by atoms with van der Waals surface area (Å²) >= 11 is 0. The van der Waals surface area contributed by atoms with Gasteiger partial charge in [0.25, 0.3) is 5.91 Å². The quantitative estimate of drug-likeness (QED) is 0.886. The highest BCUT2D eigenvalue weighted by molar-refractivity contribution is 6.05. The molecular weight excluding hydrogens is 330 g/mol. The first-order valence-electron chi connectivity index (χ1n) is 8.62. The summed E-state index contributed by atoms with van der Waals surface area (Å²) in [4.78, 5) is 37.1. The molecule has 0 unspecified atom stereocenters. The molecule has 1 fully saturated rings. The van der Waals surface area contributed by atoms with E-state index in [1.165, 1.54) is 6.92 Å². The van der Waals surface area contributed by atoms with Crippen LogP contribution in [0, 0.1) is 0 Å². The molecule has 0 radical (unpaired) electrons. The smallest absolute Gasteiger partial charge is 0.255 e. The normalized spacial score (nSPS) is 14.0. The Hall–Kier alpha value is -3.15. The van der Waals surface area contributed by atoms with Gasteiger partial charge in [-0.25, -0.2) is 0 Å². The second-order valence-electron chi connectivity index (χ2n) is 6.26. The molecule has 2 N–H and O–H groups in total. The Labute approximate surface area is 152 Å². The summed E-state index contributed by atoms with van der Waals surface area (Å²) in [6.45, 7) is 2.17. The van der Waals surface area contributed by atoms with E-state index in [0.29, 0.717) is 23.4 Å². The number of carbonyl (C=O) groups excluding carboxylic acids is 3. The number of nitrogens with one attached hydrogen (secondary N) is 2. The maximum atomic E-state index is 12.4. The van der Waals surface area contributed by atoms with Crippen molar-refractivity contribution < 1.29 is 14.4 Å². The minimum atomic E-state index is -0.228. The molecular formula is C20H21N3O3. The van der Waals surface area contributed by atoms with Gasteiger partial charge < -0.3 is 15.5 Å². The standard InChI is InChI=1S/C20H21N3O3/c1-14(24)21-16-7-9-17(10-8-16)22-20(26)15-5-11-18(12-6-15)23-13-3-2-4-19(23)25/h5-12H,2-4,13H2,1H3,(H,21,24)(H,22,26). The highest BCUT2D eigenvalue weighted by Crippen LogP contribution is 2.22. The molecule has 6 nitrogen and oxygen atoms in total. The van der Waals surface area contributed by atoms with Crippen LogP contribution in [0.1, 0.15) is 36.5 Å². The summed E-state index contributed by atoms with van der Waals surface area (Å²) in [7, 11) is 0. The first kappa shape index (κ1) is 17.7. The first-order valence-corrected chi connectivity index (χ1v) is 8.62. The van der Waals surface area contributed by atoms with Crippen molar-refractivity contribution >= 4 is 34.8 Å². The van der Waals surface area contributed by atoms with Gasteiger partial charge in [-0.3, -0.25) is 14.4 Å². The van der Waals surface area contributed by atoms with Crippen LogP contribution in [0.15, 0.2) is 48.5 Å². The lowest BCUT2D eigenvalue weighted by Gasteiger charge is -2.26. The van der Waals surface area contributed by atoms with E-state index in [2.05, 4.69) is 10.6 Å². The number of amides is 3. The summed E-state index contributed by atoms with van der Waals surface area (Å²) in [5.41, 5.74) is 2.65. The highest BCUT2D eigenvalue weighted by Gasteiger charge is 2.19. The van der Waals surface area contributed by atoms with Crippen LogP contribution in [0.5, 0.6) is 0 Å². The molecule has 134 valence electrons. The Morgan fingerprint density at radius 3 is 2.08 bits per heavy atom. The van der Waals surface area contributed by atoms with E-state index >= 15 is 0 Å². The van der Waals surface area contributed by atoms with E-state index < -0.39 is 0 Å². The molecule has 2 aromatic carbocycles. The number of nitrogens with zero attached hydrogens (tertiary/aromatic N) is 1. The number of carbonyl (C=O) groups is 3. The van der Waals surface area contributed by atoms with Crippen molar-refractivity contribution in [3.8, 4) is 0 Å². The van der Waals surface area contributed by atoms with Gasteiger partial charge in [0.15, 0.2) is 0 Å². The zero-order valence-electron chi connectivity index (χ0n) is 14.6. The molecule has 2 aromatic rings. The minimum Gasteiger partial charge on any atom is -0.326 e. The van der Waals surface area contributed by atoms with Crippen LogP contribution < -0.4 is 15.5 Å². The monoisotopic (exact) mass is 351 g/mol. The van der Waals surface area contributed by atoms with Gasteiger partial charge in [-0.2, -0.15) is 0 Å². The Kier molecular flexibility index (Phi) is 5.31. The average molecular weight is 351 g/mol. The number of hydrogen-bond donors (Lipinski definition) is 2. The number of rotatable bonds is 4. The van der Waals surface area contributed by atoms with Gasteiger partial charge >= 0.3 is 0 Å². The Morgan fingerprint density at radius 2 is 1.50 bits per heavy atom.